The van der Waals surface area contributed by atoms with E-state index in [4.69, 9.17) is 9.84 Å². The molecule has 2 rings (SSSR count). The van der Waals surface area contributed by atoms with Gasteiger partial charge in [0.15, 0.2) is 0 Å². The molecular formula is C16H16N2O3S. The van der Waals surface area contributed by atoms with Crippen molar-refractivity contribution in [2.45, 2.75) is 20.3 Å². The molecule has 0 saturated heterocycles. The first kappa shape index (κ1) is 16.0. The van der Waals surface area contributed by atoms with Crippen molar-refractivity contribution in [1.82, 2.24) is 4.98 Å². The largest absolute Gasteiger partial charge is 0.492 e. The molecule has 0 aliphatic carbocycles. The first-order chi connectivity index (χ1) is 10.5. The Bertz CT molecular complexity index is 716. The lowest BCUT2D eigenvalue weighted by atomic mass is 10.1. The van der Waals surface area contributed by atoms with Crippen LogP contribution in [0.25, 0.3) is 11.3 Å². The van der Waals surface area contributed by atoms with Crippen molar-refractivity contribution in [3.05, 3.63) is 34.2 Å². The zero-order valence-corrected chi connectivity index (χ0v) is 13.2. The molecular weight excluding hydrogens is 300 g/mol. The second kappa shape index (κ2) is 7.05. The molecule has 1 aromatic heterocycles. The number of benzene rings is 1. The highest BCUT2D eigenvalue weighted by Gasteiger charge is 2.12. The third kappa shape index (κ3) is 3.83. The SMILES string of the molecule is CC(C)CCOc1ccc(-c2csc(C(=O)O)n2)cc1C#N. The van der Waals surface area contributed by atoms with Gasteiger partial charge in [-0.05, 0) is 30.5 Å². The molecule has 0 fully saturated rings. The number of ether oxygens (including phenoxy) is 1. The van der Waals surface area contributed by atoms with Gasteiger partial charge in [0.05, 0.1) is 17.9 Å². The van der Waals surface area contributed by atoms with Crippen molar-refractivity contribution in [2.24, 2.45) is 5.92 Å². The molecule has 2 aromatic rings. The van der Waals surface area contributed by atoms with E-state index in [0.717, 1.165) is 17.8 Å². The summed E-state index contributed by atoms with van der Waals surface area (Å²) in [7, 11) is 0. The summed E-state index contributed by atoms with van der Waals surface area (Å²) < 4.78 is 5.64. The minimum absolute atomic E-state index is 0.0331. The molecule has 0 amide bonds. The van der Waals surface area contributed by atoms with E-state index in [2.05, 4.69) is 24.9 Å². The molecule has 0 unspecified atom stereocenters. The fourth-order valence-electron chi connectivity index (χ4n) is 1.81. The number of nitrogens with zero attached hydrogens (tertiary/aromatic N) is 2. The second-order valence-electron chi connectivity index (χ2n) is 5.20. The van der Waals surface area contributed by atoms with E-state index in [9.17, 15) is 10.1 Å². The Morgan fingerprint density at radius 3 is 2.86 bits per heavy atom. The molecule has 0 atom stereocenters. The maximum atomic E-state index is 10.9. The Hall–Kier alpha value is -2.39. The lowest BCUT2D eigenvalue weighted by molar-refractivity contribution is 0.0696. The van der Waals surface area contributed by atoms with Crippen molar-refractivity contribution in [2.75, 3.05) is 6.61 Å². The van der Waals surface area contributed by atoms with Gasteiger partial charge in [0.1, 0.15) is 11.8 Å². The number of rotatable bonds is 6. The van der Waals surface area contributed by atoms with E-state index in [1.807, 2.05) is 0 Å². The summed E-state index contributed by atoms with van der Waals surface area (Å²) in [6.07, 6.45) is 0.917. The Balaban J connectivity index is 2.21. The smallest absolute Gasteiger partial charge is 0.365 e. The van der Waals surface area contributed by atoms with Gasteiger partial charge in [0.2, 0.25) is 5.01 Å². The Morgan fingerprint density at radius 2 is 2.27 bits per heavy atom. The zero-order valence-electron chi connectivity index (χ0n) is 12.4. The molecule has 0 aliphatic rings. The Kier molecular flexibility index (Phi) is 5.12. The van der Waals surface area contributed by atoms with Gasteiger partial charge in [0.25, 0.3) is 0 Å². The maximum absolute atomic E-state index is 10.9. The van der Waals surface area contributed by atoms with Crippen LogP contribution in [-0.4, -0.2) is 22.7 Å². The molecule has 22 heavy (non-hydrogen) atoms. The quantitative estimate of drug-likeness (QED) is 0.876. The molecule has 0 aliphatic heterocycles. The highest BCUT2D eigenvalue weighted by Crippen LogP contribution is 2.27. The van der Waals surface area contributed by atoms with Crippen LogP contribution in [-0.2, 0) is 0 Å². The fraction of sp³-hybridized carbons (Fsp3) is 0.312. The van der Waals surface area contributed by atoms with Crippen molar-refractivity contribution in [1.29, 1.82) is 5.26 Å². The van der Waals surface area contributed by atoms with Crippen LogP contribution < -0.4 is 4.74 Å². The van der Waals surface area contributed by atoms with Crippen molar-refractivity contribution < 1.29 is 14.6 Å². The van der Waals surface area contributed by atoms with Crippen LogP contribution >= 0.6 is 11.3 Å². The third-order valence-electron chi connectivity index (χ3n) is 3.04. The van der Waals surface area contributed by atoms with Crippen LogP contribution in [0.2, 0.25) is 0 Å². The lowest BCUT2D eigenvalue weighted by Crippen LogP contribution is -2.02. The van der Waals surface area contributed by atoms with Crippen LogP contribution in [0.4, 0.5) is 0 Å². The number of carboxylic acid groups (broad SMARTS) is 1. The Morgan fingerprint density at radius 1 is 1.50 bits per heavy atom. The summed E-state index contributed by atoms with van der Waals surface area (Å²) in [4.78, 5) is 14.9. The van der Waals surface area contributed by atoms with Gasteiger partial charge in [-0.15, -0.1) is 11.3 Å². The normalized spacial score (nSPS) is 10.5. The number of aromatic nitrogens is 1. The first-order valence-electron chi connectivity index (χ1n) is 6.87. The molecule has 5 nitrogen and oxygen atoms in total. The van der Waals surface area contributed by atoms with Crippen LogP contribution in [0, 0.1) is 17.2 Å². The van der Waals surface area contributed by atoms with E-state index >= 15 is 0 Å². The number of hydrogen-bond donors (Lipinski definition) is 1. The van der Waals surface area contributed by atoms with Crippen molar-refractivity contribution in [3.63, 3.8) is 0 Å². The lowest BCUT2D eigenvalue weighted by Gasteiger charge is -2.10. The molecule has 114 valence electrons. The number of nitriles is 1. The number of carbonyl (C=O) groups is 1. The summed E-state index contributed by atoms with van der Waals surface area (Å²) in [5.74, 6) is 0.0280. The molecule has 0 radical (unpaired) electrons. The van der Waals surface area contributed by atoms with Gasteiger partial charge >= 0.3 is 5.97 Å². The molecule has 1 aromatic carbocycles. The van der Waals surface area contributed by atoms with Gasteiger partial charge in [0, 0.05) is 10.9 Å². The average molecular weight is 316 g/mol. The minimum atomic E-state index is -1.05. The molecule has 6 heteroatoms. The van der Waals surface area contributed by atoms with Gasteiger partial charge < -0.3 is 9.84 Å². The second-order valence-corrected chi connectivity index (χ2v) is 6.05. The molecule has 1 heterocycles. The molecule has 0 bridgehead atoms. The topological polar surface area (TPSA) is 83.2 Å². The van der Waals surface area contributed by atoms with Gasteiger partial charge in [-0.25, -0.2) is 9.78 Å². The standard InChI is InChI=1S/C16H16N2O3S/c1-10(2)5-6-21-14-4-3-11(7-12(14)8-17)13-9-22-15(18-13)16(19)20/h3-4,7,9-10H,5-6H2,1-2H3,(H,19,20). The van der Waals surface area contributed by atoms with Gasteiger partial charge in [-0.3, -0.25) is 0 Å². The highest BCUT2D eigenvalue weighted by molar-refractivity contribution is 7.11. The van der Waals surface area contributed by atoms with Crippen LogP contribution in [0.5, 0.6) is 5.75 Å². The van der Waals surface area contributed by atoms with Crippen molar-refractivity contribution in [3.8, 4) is 23.1 Å². The fourth-order valence-corrected chi connectivity index (χ4v) is 2.48. The predicted molar refractivity (Wildman–Crippen MR) is 84.2 cm³/mol. The van der Waals surface area contributed by atoms with Crippen LogP contribution in [0.1, 0.15) is 35.6 Å². The molecule has 0 saturated carbocycles. The van der Waals surface area contributed by atoms with Gasteiger partial charge in [-0.2, -0.15) is 5.26 Å². The number of hydrogen-bond acceptors (Lipinski definition) is 5. The monoisotopic (exact) mass is 316 g/mol. The number of thiazole rings is 1. The summed E-state index contributed by atoms with van der Waals surface area (Å²) in [5, 5.41) is 19.9. The summed E-state index contributed by atoms with van der Waals surface area (Å²) in [6.45, 7) is 4.78. The van der Waals surface area contributed by atoms with Crippen LogP contribution in [0.3, 0.4) is 0 Å². The highest BCUT2D eigenvalue weighted by atomic mass is 32.1. The predicted octanol–water partition coefficient (Wildman–Crippen LogP) is 3.80. The van der Waals surface area contributed by atoms with E-state index in [1.54, 1.807) is 23.6 Å². The Labute approximate surface area is 132 Å². The third-order valence-corrected chi connectivity index (χ3v) is 3.87. The number of carboxylic acids is 1. The van der Waals surface area contributed by atoms with E-state index in [1.165, 1.54) is 0 Å². The van der Waals surface area contributed by atoms with Gasteiger partial charge in [-0.1, -0.05) is 13.8 Å². The first-order valence-corrected chi connectivity index (χ1v) is 7.75. The minimum Gasteiger partial charge on any atom is -0.492 e. The zero-order chi connectivity index (χ0) is 16.1. The van der Waals surface area contributed by atoms with Crippen molar-refractivity contribution >= 4 is 17.3 Å². The number of aromatic carboxylic acids is 1. The molecule has 1 N–H and O–H groups in total. The van der Waals surface area contributed by atoms with E-state index < -0.39 is 5.97 Å². The summed E-state index contributed by atoms with van der Waals surface area (Å²) >= 11 is 1.06. The summed E-state index contributed by atoms with van der Waals surface area (Å²) in [5.41, 5.74) is 1.68. The summed E-state index contributed by atoms with van der Waals surface area (Å²) in [6, 6.07) is 7.29. The maximum Gasteiger partial charge on any atom is 0.365 e. The van der Waals surface area contributed by atoms with E-state index in [0.29, 0.717) is 35.1 Å². The average Bonchev–Trinajstić information content (AvgIpc) is 2.97. The molecule has 0 spiro atoms. The van der Waals surface area contributed by atoms with E-state index in [-0.39, 0.29) is 5.01 Å². The van der Waals surface area contributed by atoms with Crippen LogP contribution in [0.15, 0.2) is 23.6 Å².